The molecule has 0 aliphatic rings. The van der Waals surface area contributed by atoms with Crippen LogP contribution in [0.25, 0.3) is 16.9 Å². The maximum atomic E-state index is 14.1. The lowest BCUT2D eigenvalue weighted by molar-refractivity contribution is -0.190. The lowest BCUT2D eigenvalue weighted by atomic mass is 10.2. The molecule has 0 aliphatic heterocycles. The SMILES string of the molecule is COCc1nnc2cnc(-c3cnc(O[C@H](C)C(F)(F)F)c(F)c3)cn12. The average molecular weight is 371 g/mol. The molecule has 0 bridgehead atoms. The van der Waals surface area contributed by atoms with Crippen LogP contribution in [0.1, 0.15) is 12.7 Å². The molecule has 0 amide bonds. The van der Waals surface area contributed by atoms with Crippen molar-refractivity contribution in [2.24, 2.45) is 0 Å². The molecule has 0 aliphatic carbocycles. The van der Waals surface area contributed by atoms with E-state index in [4.69, 9.17) is 4.74 Å². The molecule has 0 N–H and O–H groups in total. The van der Waals surface area contributed by atoms with E-state index in [0.717, 1.165) is 13.0 Å². The number of methoxy groups -OCH3 is 1. The van der Waals surface area contributed by atoms with Crippen LogP contribution in [0.4, 0.5) is 17.6 Å². The zero-order chi connectivity index (χ0) is 18.9. The summed E-state index contributed by atoms with van der Waals surface area (Å²) in [7, 11) is 1.50. The quantitative estimate of drug-likeness (QED) is 0.642. The number of hydrogen-bond acceptors (Lipinski definition) is 6. The summed E-state index contributed by atoms with van der Waals surface area (Å²) < 4.78 is 62.8. The highest BCUT2D eigenvalue weighted by atomic mass is 19.4. The van der Waals surface area contributed by atoms with Gasteiger partial charge >= 0.3 is 6.18 Å². The minimum Gasteiger partial charge on any atom is -0.463 e. The Kier molecular flexibility index (Phi) is 4.72. The van der Waals surface area contributed by atoms with Crippen molar-refractivity contribution in [2.45, 2.75) is 25.8 Å². The van der Waals surface area contributed by atoms with Crippen molar-refractivity contribution >= 4 is 5.65 Å². The van der Waals surface area contributed by atoms with E-state index in [1.165, 1.54) is 19.5 Å². The summed E-state index contributed by atoms with van der Waals surface area (Å²) in [6.45, 7) is 0.979. The molecule has 0 unspecified atom stereocenters. The molecule has 3 aromatic rings. The van der Waals surface area contributed by atoms with Gasteiger partial charge in [0.2, 0.25) is 0 Å². The Bertz CT molecular complexity index is 928. The molecule has 3 heterocycles. The summed E-state index contributed by atoms with van der Waals surface area (Å²) >= 11 is 0. The fourth-order valence-corrected chi connectivity index (χ4v) is 2.11. The molecular weight excluding hydrogens is 358 g/mol. The average Bonchev–Trinajstić information content (AvgIpc) is 2.98. The Morgan fingerprint density at radius 3 is 2.62 bits per heavy atom. The molecule has 0 radical (unpaired) electrons. The maximum Gasteiger partial charge on any atom is 0.425 e. The van der Waals surface area contributed by atoms with Gasteiger partial charge < -0.3 is 9.47 Å². The van der Waals surface area contributed by atoms with Crippen molar-refractivity contribution in [2.75, 3.05) is 7.11 Å². The van der Waals surface area contributed by atoms with E-state index < -0.39 is 24.0 Å². The highest BCUT2D eigenvalue weighted by molar-refractivity contribution is 5.59. The molecule has 7 nitrogen and oxygen atoms in total. The number of pyridine rings is 1. The normalized spacial score (nSPS) is 13.2. The minimum absolute atomic E-state index is 0.208. The standard InChI is InChI=1S/C15H13F4N5O2/c1-8(15(17,18)19)26-14-10(16)3-9(4-21-14)11-6-24-12(5-20-11)22-23-13(24)7-25-2/h3-6,8H,7H2,1-2H3/t8-/m1/s1. The second-order valence-corrected chi connectivity index (χ2v) is 5.36. The van der Waals surface area contributed by atoms with Crippen LogP contribution < -0.4 is 4.74 Å². The first-order chi connectivity index (χ1) is 12.3. The van der Waals surface area contributed by atoms with Gasteiger partial charge in [0.1, 0.15) is 6.61 Å². The number of ether oxygens (including phenoxy) is 2. The summed E-state index contributed by atoms with van der Waals surface area (Å²) in [5.74, 6) is -1.25. The molecule has 11 heteroatoms. The van der Waals surface area contributed by atoms with Crippen molar-refractivity contribution < 1.29 is 27.0 Å². The Morgan fingerprint density at radius 1 is 1.19 bits per heavy atom. The largest absolute Gasteiger partial charge is 0.463 e. The summed E-state index contributed by atoms with van der Waals surface area (Å²) in [4.78, 5) is 7.76. The lowest BCUT2D eigenvalue weighted by Crippen LogP contribution is -2.31. The van der Waals surface area contributed by atoms with Crippen LogP contribution in [0.5, 0.6) is 5.88 Å². The third-order valence-corrected chi connectivity index (χ3v) is 3.49. The zero-order valence-corrected chi connectivity index (χ0v) is 13.7. The molecule has 3 aromatic heterocycles. The summed E-state index contributed by atoms with van der Waals surface area (Å²) in [5.41, 5.74) is 1.05. The Hall–Kier alpha value is -2.82. The highest BCUT2D eigenvalue weighted by Crippen LogP contribution is 2.27. The summed E-state index contributed by atoms with van der Waals surface area (Å²) in [6.07, 6.45) is -2.64. The van der Waals surface area contributed by atoms with Crippen molar-refractivity contribution in [1.29, 1.82) is 0 Å². The van der Waals surface area contributed by atoms with Gasteiger partial charge in [0.25, 0.3) is 5.88 Å². The smallest absolute Gasteiger partial charge is 0.425 e. The topological polar surface area (TPSA) is 74.4 Å². The number of alkyl halides is 3. The van der Waals surface area contributed by atoms with Crippen molar-refractivity contribution in [3.8, 4) is 17.1 Å². The third-order valence-electron chi connectivity index (χ3n) is 3.49. The second kappa shape index (κ2) is 6.83. The van der Waals surface area contributed by atoms with E-state index >= 15 is 0 Å². The van der Waals surface area contributed by atoms with E-state index in [1.807, 2.05) is 0 Å². The number of aromatic nitrogens is 5. The van der Waals surface area contributed by atoms with Crippen molar-refractivity contribution in [3.63, 3.8) is 0 Å². The first-order valence-electron chi connectivity index (χ1n) is 7.37. The van der Waals surface area contributed by atoms with Gasteiger partial charge in [0.15, 0.2) is 23.4 Å². The molecule has 0 spiro atoms. The van der Waals surface area contributed by atoms with Crippen LogP contribution in [0.3, 0.4) is 0 Å². The van der Waals surface area contributed by atoms with Crippen LogP contribution in [0.2, 0.25) is 0 Å². The highest BCUT2D eigenvalue weighted by Gasteiger charge is 2.38. The summed E-state index contributed by atoms with van der Waals surface area (Å²) in [6, 6.07) is 1.000. The number of rotatable bonds is 5. The van der Waals surface area contributed by atoms with Gasteiger partial charge in [-0.2, -0.15) is 13.2 Å². The maximum absolute atomic E-state index is 14.1. The van der Waals surface area contributed by atoms with Gasteiger partial charge in [-0.1, -0.05) is 0 Å². The fourth-order valence-electron chi connectivity index (χ4n) is 2.11. The number of nitrogens with zero attached hydrogens (tertiary/aromatic N) is 5. The Balaban J connectivity index is 1.91. The van der Waals surface area contributed by atoms with Gasteiger partial charge in [-0.05, 0) is 13.0 Å². The zero-order valence-electron chi connectivity index (χ0n) is 13.7. The van der Waals surface area contributed by atoms with Gasteiger partial charge in [-0.15, -0.1) is 10.2 Å². The lowest BCUT2D eigenvalue weighted by Gasteiger charge is -2.17. The van der Waals surface area contributed by atoms with E-state index in [2.05, 4.69) is 24.9 Å². The van der Waals surface area contributed by atoms with Crippen molar-refractivity contribution in [3.05, 3.63) is 36.3 Å². The number of halogens is 4. The van der Waals surface area contributed by atoms with Crippen LogP contribution in [0.15, 0.2) is 24.7 Å². The number of hydrogen-bond donors (Lipinski definition) is 0. The predicted octanol–water partition coefficient (Wildman–Crippen LogP) is 2.80. The van der Waals surface area contributed by atoms with Crippen molar-refractivity contribution in [1.82, 2.24) is 24.6 Å². The fraction of sp³-hybridized carbons (Fsp3) is 0.333. The first kappa shape index (κ1) is 18.0. The molecular formula is C15H13F4N5O2. The number of fused-ring (bicyclic) bond motifs is 1. The molecule has 0 fully saturated rings. The van der Waals surface area contributed by atoms with E-state index in [-0.39, 0.29) is 12.2 Å². The Morgan fingerprint density at radius 2 is 1.96 bits per heavy atom. The van der Waals surface area contributed by atoms with Gasteiger partial charge in [-0.25, -0.2) is 9.37 Å². The van der Waals surface area contributed by atoms with Gasteiger partial charge in [0, 0.05) is 25.1 Å². The first-order valence-corrected chi connectivity index (χ1v) is 7.37. The molecule has 26 heavy (non-hydrogen) atoms. The van der Waals surface area contributed by atoms with Crippen LogP contribution in [-0.4, -0.2) is 44.0 Å². The van der Waals surface area contributed by atoms with E-state index in [1.54, 1.807) is 10.6 Å². The monoisotopic (exact) mass is 371 g/mol. The van der Waals surface area contributed by atoms with Crippen LogP contribution in [-0.2, 0) is 11.3 Å². The molecule has 0 saturated carbocycles. The second-order valence-electron chi connectivity index (χ2n) is 5.36. The van der Waals surface area contributed by atoms with E-state index in [0.29, 0.717) is 17.2 Å². The Labute approximate surface area is 144 Å². The predicted molar refractivity (Wildman–Crippen MR) is 80.8 cm³/mol. The third kappa shape index (κ3) is 3.57. The molecule has 0 saturated heterocycles. The minimum atomic E-state index is -4.62. The summed E-state index contributed by atoms with van der Waals surface area (Å²) in [5, 5.41) is 7.85. The van der Waals surface area contributed by atoms with Crippen LogP contribution >= 0.6 is 0 Å². The van der Waals surface area contributed by atoms with E-state index in [9.17, 15) is 17.6 Å². The van der Waals surface area contributed by atoms with Crippen LogP contribution in [0, 0.1) is 5.82 Å². The van der Waals surface area contributed by atoms with Gasteiger partial charge in [0.05, 0.1) is 11.9 Å². The molecule has 0 aromatic carbocycles. The molecule has 138 valence electrons. The van der Waals surface area contributed by atoms with Gasteiger partial charge in [-0.3, -0.25) is 9.38 Å². The molecule has 1 atom stereocenters. The molecule has 3 rings (SSSR count).